The Morgan fingerprint density at radius 1 is 1.47 bits per heavy atom. The molecule has 2 aromatic heterocycles. The molecule has 1 aliphatic rings. The van der Waals surface area contributed by atoms with Gasteiger partial charge in [-0.15, -0.1) is 5.10 Å². The zero-order valence-corrected chi connectivity index (χ0v) is 10.0. The van der Waals surface area contributed by atoms with E-state index in [2.05, 4.69) is 21.9 Å². The molecule has 0 aromatic carbocycles. The lowest BCUT2D eigenvalue weighted by Crippen LogP contribution is -2.43. The monoisotopic (exact) mass is 231 g/mol. The normalized spacial score (nSPS) is 21.1. The molecule has 3 heterocycles. The van der Waals surface area contributed by atoms with Crippen molar-refractivity contribution >= 4 is 11.6 Å². The van der Waals surface area contributed by atoms with Gasteiger partial charge >= 0.3 is 0 Å². The Balaban J connectivity index is 1.94. The molecule has 90 valence electrons. The highest BCUT2D eigenvalue weighted by Crippen LogP contribution is 2.16. The minimum atomic E-state index is 0.247. The van der Waals surface area contributed by atoms with E-state index >= 15 is 0 Å². The molecule has 3 rings (SSSR count). The van der Waals surface area contributed by atoms with E-state index in [1.807, 2.05) is 22.8 Å². The van der Waals surface area contributed by atoms with Crippen molar-refractivity contribution in [1.29, 1.82) is 0 Å². The van der Waals surface area contributed by atoms with Crippen molar-refractivity contribution in [3.63, 3.8) is 0 Å². The van der Waals surface area contributed by atoms with Crippen LogP contribution in [-0.2, 0) is 0 Å². The molecule has 0 bridgehead atoms. The van der Waals surface area contributed by atoms with Crippen LogP contribution in [0.3, 0.4) is 0 Å². The van der Waals surface area contributed by atoms with Crippen molar-refractivity contribution in [2.24, 2.45) is 5.73 Å². The number of pyridine rings is 1. The third-order valence-corrected chi connectivity index (χ3v) is 3.22. The molecule has 1 atom stereocenters. The third kappa shape index (κ3) is 1.98. The Morgan fingerprint density at radius 3 is 3.18 bits per heavy atom. The second-order valence-corrected chi connectivity index (χ2v) is 4.77. The number of rotatable bonds is 1. The fourth-order valence-electron chi connectivity index (χ4n) is 2.30. The summed E-state index contributed by atoms with van der Waals surface area (Å²) in [6, 6.07) is 4.32. The molecule has 0 radical (unpaired) electrons. The summed E-state index contributed by atoms with van der Waals surface area (Å²) in [5.41, 5.74) is 8.08. The maximum atomic E-state index is 5.98. The van der Waals surface area contributed by atoms with E-state index in [-0.39, 0.29) is 6.04 Å². The van der Waals surface area contributed by atoms with E-state index in [0.29, 0.717) is 0 Å². The number of anilines is 1. The molecule has 0 saturated carbocycles. The zero-order chi connectivity index (χ0) is 11.8. The molecular weight excluding hydrogens is 214 g/mol. The van der Waals surface area contributed by atoms with Gasteiger partial charge in [-0.3, -0.25) is 0 Å². The van der Waals surface area contributed by atoms with E-state index in [1.165, 1.54) is 5.56 Å². The van der Waals surface area contributed by atoms with Crippen LogP contribution in [0.25, 0.3) is 5.65 Å². The second kappa shape index (κ2) is 4.00. The summed E-state index contributed by atoms with van der Waals surface area (Å²) in [6.07, 6.45) is 4.17. The molecule has 5 heteroatoms. The number of fused-ring (bicyclic) bond motifs is 1. The molecule has 2 aromatic rings. The van der Waals surface area contributed by atoms with Gasteiger partial charge in [-0.05, 0) is 37.5 Å². The lowest BCUT2D eigenvalue weighted by Gasteiger charge is -2.29. The maximum absolute atomic E-state index is 5.98. The summed E-state index contributed by atoms with van der Waals surface area (Å²) < 4.78 is 1.82. The van der Waals surface area contributed by atoms with Gasteiger partial charge in [-0.25, -0.2) is 4.52 Å². The number of aromatic nitrogens is 3. The van der Waals surface area contributed by atoms with E-state index in [0.717, 1.165) is 37.5 Å². The van der Waals surface area contributed by atoms with E-state index in [4.69, 9.17) is 5.73 Å². The van der Waals surface area contributed by atoms with Gasteiger partial charge in [0.1, 0.15) is 0 Å². The van der Waals surface area contributed by atoms with Gasteiger partial charge in [0, 0.05) is 25.3 Å². The topological polar surface area (TPSA) is 59.5 Å². The Hall–Kier alpha value is -1.62. The first kappa shape index (κ1) is 10.5. The molecule has 5 nitrogen and oxygen atoms in total. The smallest absolute Gasteiger partial charge is 0.245 e. The Morgan fingerprint density at radius 2 is 2.35 bits per heavy atom. The number of piperidine rings is 1. The third-order valence-electron chi connectivity index (χ3n) is 3.22. The first-order chi connectivity index (χ1) is 8.22. The summed E-state index contributed by atoms with van der Waals surface area (Å²) in [7, 11) is 0. The summed E-state index contributed by atoms with van der Waals surface area (Å²) in [5.74, 6) is 0.797. The Labute approximate surface area is 100 Å². The molecule has 17 heavy (non-hydrogen) atoms. The molecule has 0 aliphatic carbocycles. The quantitative estimate of drug-likeness (QED) is 0.794. The standard InChI is InChI=1S/C12H17N5/c1-9-4-6-17-11(7-9)14-12(15-17)16-5-2-3-10(13)8-16/h4,6-7,10H,2-3,5,8,13H2,1H3/t10-/m1/s1. The van der Waals surface area contributed by atoms with Crippen LogP contribution in [0, 0.1) is 6.92 Å². The largest absolute Gasteiger partial charge is 0.338 e. The van der Waals surface area contributed by atoms with Gasteiger partial charge in [-0.1, -0.05) is 0 Å². The lowest BCUT2D eigenvalue weighted by atomic mass is 10.1. The van der Waals surface area contributed by atoms with E-state index in [1.54, 1.807) is 0 Å². The fraction of sp³-hybridized carbons (Fsp3) is 0.500. The van der Waals surface area contributed by atoms with Crippen LogP contribution in [0.15, 0.2) is 18.3 Å². The SMILES string of the molecule is Cc1ccn2nc(N3CCC[C@@H](N)C3)nc2c1. The number of nitrogens with zero attached hydrogens (tertiary/aromatic N) is 4. The summed E-state index contributed by atoms with van der Waals surface area (Å²) >= 11 is 0. The van der Waals surface area contributed by atoms with Crippen molar-refractivity contribution in [3.8, 4) is 0 Å². The molecule has 2 N–H and O–H groups in total. The van der Waals surface area contributed by atoms with Crippen molar-refractivity contribution < 1.29 is 0 Å². The van der Waals surface area contributed by atoms with Crippen LogP contribution in [-0.4, -0.2) is 33.7 Å². The number of nitrogens with two attached hydrogens (primary N) is 1. The molecular formula is C12H17N5. The van der Waals surface area contributed by atoms with Gasteiger partial charge < -0.3 is 10.6 Å². The highest BCUT2D eigenvalue weighted by atomic mass is 15.4. The van der Waals surface area contributed by atoms with E-state index in [9.17, 15) is 0 Å². The van der Waals surface area contributed by atoms with Gasteiger partial charge in [0.15, 0.2) is 5.65 Å². The molecule has 0 amide bonds. The number of hydrogen-bond donors (Lipinski definition) is 1. The maximum Gasteiger partial charge on any atom is 0.245 e. The molecule has 1 aliphatic heterocycles. The predicted octanol–water partition coefficient (Wildman–Crippen LogP) is 0.965. The second-order valence-electron chi connectivity index (χ2n) is 4.77. The molecule has 0 unspecified atom stereocenters. The van der Waals surface area contributed by atoms with Crippen LogP contribution in [0.2, 0.25) is 0 Å². The first-order valence-corrected chi connectivity index (χ1v) is 6.06. The highest BCUT2D eigenvalue weighted by molar-refractivity contribution is 5.46. The number of hydrogen-bond acceptors (Lipinski definition) is 4. The Bertz CT molecular complexity index is 533. The van der Waals surface area contributed by atoms with Gasteiger partial charge in [-0.2, -0.15) is 4.98 Å². The minimum Gasteiger partial charge on any atom is -0.338 e. The van der Waals surface area contributed by atoms with Crippen molar-refractivity contribution in [3.05, 3.63) is 23.9 Å². The molecule has 0 spiro atoms. The van der Waals surface area contributed by atoms with Crippen molar-refractivity contribution in [2.45, 2.75) is 25.8 Å². The minimum absolute atomic E-state index is 0.247. The molecule has 1 saturated heterocycles. The highest BCUT2D eigenvalue weighted by Gasteiger charge is 2.20. The van der Waals surface area contributed by atoms with Crippen molar-refractivity contribution in [2.75, 3.05) is 18.0 Å². The van der Waals surface area contributed by atoms with Crippen LogP contribution >= 0.6 is 0 Å². The van der Waals surface area contributed by atoms with Crippen LogP contribution in [0.4, 0.5) is 5.95 Å². The van der Waals surface area contributed by atoms with E-state index < -0.39 is 0 Å². The summed E-state index contributed by atoms with van der Waals surface area (Å²) in [4.78, 5) is 6.73. The summed E-state index contributed by atoms with van der Waals surface area (Å²) in [5, 5.41) is 4.49. The van der Waals surface area contributed by atoms with Crippen LogP contribution in [0.1, 0.15) is 18.4 Å². The first-order valence-electron chi connectivity index (χ1n) is 6.06. The Kier molecular flexibility index (Phi) is 2.48. The average Bonchev–Trinajstić information content (AvgIpc) is 2.72. The van der Waals surface area contributed by atoms with Gasteiger partial charge in [0.05, 0.1) is 0 Å². The van der Waals surface area contributed by atoms with Gasteiger partial charge in [0.2, 0.25) is 5.95 Å². The van der Waals surface area contributed by atoms with Crippen molar-refractivity contribution in [1.82, 2.24) is 14.6 Å². The lowest BCUT2D eigenvalue weighted by molar-refractivity contribution is 0.500. The zero-order valence-electron chi connectivity index (χ0n) is 10.0. The summed E-state index contributed by atoms with van der Waals surface area (Å²) in [6.45, 7) is 3.92. The van der Waals surface area contributed by atoms with Crippen LogP contribution < -0.4 is 10.6 Å². The predicted molar refractivity (Wildman–Crippen MR) is 67.1 cm³/mol. The molecule has 1 fully saturated rings. The number of aryl methyl sites for hydroxylation is 1. The average molecular weight is 231 g/mol. The fourth-order valence-corrected chi connectivity index (χ4v) is 2.30. The van der Waals surface area contributed by atoms with Crippen LogP contribution in [0.5, 0.6) is 0 Å². The van der Waals surface area contributed by atoms with Gasteiger partial charge in [0.25, 0.3) is 0 Å².